The predicted molar refractivity (Wildman–Crippen MR) is 106 cm³/mol. The van der Waals surface area contributed by atoms with Crippen molar-refractivity contribution in [2.75, 3.05) is 17.6 Å². The largest absolute Gasteiger partial charge is 0.522 e. The van der Waals surface area contributed by atoms with Crippen LogP contribution in [0.4, 0.5) is 23.2 Å². The lowest BCUT2D eigenvalue weighted by Crippen LogP contribution is -2.20. The number of halogens is 4. The van der Waals surface area contributed by atoms with Crippen molar-refractivity contribution in [3.63, 3.8) is 0 Å². The molecule has 0 saturated carbocycles. The van der Waals surface area contributed by atoms with Gasteiger partial charge in [-0.25, -0.2) is 12.8 Å². The van der Waals surface area contributed by atoms with Crippen molar-refractivity contribution in [3.8, 4) is 0 Å². The summed E-state index contributed by atoms with van der Waals surface area (Å²) in [6.07, 6.45) is 0.279. The minimum Gasteiger partial charge on any atom is -0.348 e. The number of pyridine rings is 1. The lowest BCUT2D eigenvalue weighted by molar-refractivity contribution is -0.324. The van der Waals surface area contributed by atoms with Crippen LogP contribution < -0.4 is 10.0 Å². The van der Waals surface area contributed by atoms with Gasteiger partial charge in [-0.2, -0.15) is 0 Å². The molecule has 0 spiro atoms. The zero-order valence-corrected chi connectivity index (χ0v) is 17.1. The van der Waals surface area contributed by atoms with Crippen LogP contribution in [0.5, 0.6) is 0 Å². The number of benzene rings is 1. The molecule has 1 heterocycles. The number of amides is 1. The normalized spacial score (nSPS) is 12.2. The summed E-state index contributed by atoms with van der Waals surface area (Å²) in [4.78, 5) is 15.9. The molecule has 31 heavy (non-hydrogen) atoms. The van der Waals surface area contributed by atoms with Crippen LogP contribution in [0, 0.1) is 5.82 Å². The maximum absolute atomic E-state index is 13.9. The van der Waals surface area contributed by atoms with E-state index in [0.717, 1.165) is 12.3 Å². The maximum Gasteiger partial charge on any atom is 0.522 e. The average Bonchev–Trinajstić information content (AvgIpc) is 2.66. The van der Waals surface area contributed by atoms with E-state index in [-0.39, 0.29) is 18.7 Å². The van der Waals surface area contributed by atoms with Crippen molar-refractivity contribution in [3.05, 3.63) is 65.2 Å². The van der Waals surface area contributed by atoms with Gasteiger partial charge in [0.1, 0.15) is 5.82 Å². The fraction of sp³-hybridized carbons (Fsp3) is 0.263. The highest BCUT2D eigenvalue weighted by atomic mass is 32.2. The molecule has 0 radical (unpaired) electrons. The number of carbonyl (C=O) groups excluding carboxylic acids is 1. The van der Waals surface area contributed by atoms with Crippen LogP contribution in [0.25, 0.3) is 6.08 Å². The summed E-state index contributed by atoms with van der Waals surface area (Å²) in [5.74, 6) is -1.25. The number of hydrogen-bond acceptors (Lipinski definition) is 5. The third kappa shape index (κ3) is 9.57. The Morgan fingerprint density at radius 3 is 2.55 bits per heavy atom. The van der Waals surface area contributed by atoms with E-state index in [1.165, 1.54) is 36.5 Å². The number of ether oxygens (including phenoxy) is 1. The van der Waals surface area contributed by atoms with Crippen LogP contribution in [-0.2, 0) is 32.5 Å². The van der Waals surface area contributed by atoms with E-state index in [1.807, 2.05) is 4.72 Å². The zero-order chi connectivity index (χ0) is 23.1. The lowest BCUT2D eigenvalue weighted by Gasteiger charge is -2.08. The molecule has 0 fully saturated rings. The number of carbonyl (C=O) groups is 1. The summed E-state index contributed by atoms with van der Waals surface area (Å²) >= 11 is 0. The molecule has 2 rings (SSSR count). The molecule has 0 aliphatic heterocycles. The van der Waals surface area contributed by atoms with Crippen LogP contribution in [0.1, 0.15) is 16.8 Å². The number of alkyl halides is 3. The van der Waals surface area contributed by atoms with E-state index >= 15 is 0 Å². The van der Waals surface area contributed by atoms with Crippen LogP contribution in [0.2, 0.25) is 0 Å². The molecular formula is C19H19F4N3O4S. The van der Waals surface area contributed by atoms with Crippen molar-refractivity contribution in [2.24, 2.45) is 0 Å². The first-order valence-corrected chi connectivity index (χ1v) is 10.7. The zero-order valence-electron chi connectivity index (χ0n) is 16.2. The Bertz CT molecular complexity index is 1040. The van der Waals surface area contributed by atoms with E-state index in [2.05, 4.69) is 15.0 Å². The highest BCUT2D eigenvalue weighted by Crippen LogP contribution is 2.17. The van der Waals surface area contributed by atoms with Crippen molar-refractivity contribution < 1.29 is 35.5 Å². The first-order valence-electron chi connectivity index (χ1n) is 8.79. The number of hydrogen-bond donors (Lipinski definition) is 2. The number of aromatic nitrogens is 1. The summed E-state index contributed by atoms with van der Waals surface area (Å²) in [5.41, 5.74) is 1.18. The Hall–Kier alpha value is -2.99. The summed E-state index contributed by atoms with van der Waals surface area (Å²) in [7, 11) is -3.61. The van der Waals surface area contributed by atoms with Gasteiger partial charge in [-0.05, 0) is 35.4 Å². The minimum atomic E-state index is -4.68. The van der Waals surface area contributed by atoms with Gasteiger partial charge in [0, 0.05) is 30.9 Å². The Labute approximate surface area is 176 Å². The van der Waals surface area contributed by atoms with Crippen LogP contribution in [-0.4, -0.2) is 38.5 Å². The molecule has 0 atom stereocenters. The van der Waals surface area contributed by atoms with E-state index in [0.29, 0.717) is 16.8 Å². The number of nitrogens with one attached hydrogen (secondary N) is 2. The van der Waals surface area contributed by atoms with Crippen molar-refractivity contribution in [2.45, 2.75) is 19.3 Å². The quantitative estimate of drug-likeness (QED) is 0.442. The minimum absolute atomic E-state index is 0.00957. The molecule has 7 nitrogen and oxygen atoms in total. The number of sulfonamides is 1. The Kier molecular flexibility index (Phi) is 8.11. The molecule has 12 heteroatoms. The molecule has 0 unspecified atom stereocenters. The van der Waals surface area contributed by atoms with Crippen molar-refractivity contribution in [1.29, 1.82) is 0 Å². The van der Waals surface area contributed by atoms with E-state index in [9.17, 15) is 30.8 Å². The molecule has 1 aromatic carbocycles. The van der Waals surface area contributed by atoms with Gasteiger partial charge < -0.3 is 5.32 Å². The second-order valence-electron chi connectivity index (χ2n) is 6.37. The van der Waals surface area contributed by atoms with Crippen LogP contribution in [0.15, 0.2) is 42.6 Å². The molecule has 0 aliphatic rings. The van der Waals surface area contributed by atoms with E-state index in [4.69, 9.17) is 0 Å². The van der Waals surface area contributed by atoms with Gasteiger partial charge in [-0.1, -0.05) is 12.1 Å². The lowest BCUT2D eigenvalue weighted by atomic mass is 10.2. The standard InChI is InChI=1S/C19H19F4N3O4S/c1-31(28,29)26-17-6-3-14(10-16(17)20)12-25-18(27)7-4-13-2-5-15(24-11-13)8-9-30-19(21,22)23/h2-7,10-11,26H,8-9,12H2,1H3,(H,25,27)/b7-4+. The number of nitrogens with zero attached hydrogens (tertiary/aromatic N) is 1. The fourth-order valence-corrected chi connectivity index (χ4v) is 2.89. The monoisotopic (exact) mass is 461 g/mol. The summed E-state index contributed by atoms with van der Waals surface area (Å²) in [6.45, 7) is -0.532. The molecule has 168 valence electrons. The Morgan fingerprint density at radius 2 is 1.97 bits per heavy atom. The highest BCUT2D eigenvalue weighted by molar-refractivity contribution is 7.92. The first-order chi connectivity index (χ1) is 14.4. The average molecular weight is 461 g/mol. The van der Waals surface area contributed by atoms with Gasteiger partial charge in [0.15, 0.2) is 0 Å². The van der Waals surface area contributed by atoms with Crippen LogP contribution >= 0.6 is 0 Å². The number of rotatable bonds is 9. The Morgan fingerprint density at radius 1 is 1.23 bits per heavy atom. The molecule has 1 amide bonds. The van der Waals surface area contributed by atoms with Gasteiger partial charge in [0.05, 0.1) is 18.6 Å². The van der Waals surface area contributed by atoms with Gasteiger partial charge in [-0.15, -0.1) is 13.2 Å². The highest BCUT2D eigenvalue weighted by Gasteiger charge is 2.28. The summed E-state index contributed by atoms with van der Waals surface area (Å²) < 4.78 is 77.7. The smallest absolute Gasteiger partial charge is 0.348 e. The van der Waals surface area contributed by atoms with Gasteiger partial charge >= 0.3 is 6.36 Å². The number of anilines is 1. The molecular weight excluding hydrogens is 442 g/mol. The molecule has 1 aromatic heterocycles. The first kappa shape index (κ1) is 24.3. The fourth-order valence-electron chi connectivity index (χ4n) is 2.32. The topological polar surface area (TPSA) is 97.4 Å². The van der Waals surface area contributed by atoms with E-state index in [1.54, 1.807) is 6.07 Å². The summed E-state index contributed by atoms with van der Waals surface area (Å²) in [5, 5.41) is 2.54. The molecule has 0 saturated heterocycles. The maximum atomic E-state index is 13.9. The summed E-state index contributed by atoms with van der Waals surface area (Å²) in [6, 6.07) is 6.92. The third-order valence-electron chi connectivity index (χ3n) is 3.69. The van der Waals surface area contributed by atoms with Crippen molar-refractivity contribution in [1.82, 2.24) is 10.3 Å². The predicted octanol–water partition coefficient (Wildman–Crippen LogP) is 3.00. The molecule has 2 N–H and O–H groups in total. The van der Waals surface area contributed by atoms with Gasteiger partial charge in [-0.3, -0.25) is 19.2 Å². The second kappa shape index (κ2) is 10.4. The van der Waals surface area contributed by atoms with Gasteiger partial charge in [0.25, 0.3) is 0 Å². The molecule has 2 aromatic rings. The van der Waals surface area contributed by atoms with Gasteiger partial charge in [0.2, 0.25) is 15.9 Å². The SMILES string of the molecule is CS(=O)(=O)Nc1ccc(CNC(=O)/C=C/c2ccc(CCOC(F)(F)F)nc2)cc1F. The van der Waals surface area contributed by atoms with Crippen molar-refractivity contribution >= 4 is 27.7 Å². The molecule has 0 aliphatic carbocycles. The van der Waals surface area contributed by atoms with E-state index < -0.39 is 34.7 Å². The molecule has 0 bridgehead atoms. The third-order valence-corrected chi connectivity index (χ3v) is 4.28. The Balaban J connectivity index is 1.83. The van der Waals surface area contributed by atoms with Crippen LogP contribution in [0.3, 0.4) is 0 Å². The second-order valence-corrected chi connectivity index (χ2v) is 8.12.